The summed E-state index contributed by atoms with van der Waals surface area (Å²) in [6.07, 6.45) is 43.9. The molecule has 0 radical (unpaired) electrons. The lowest BCUT2D eigenvalue weighted by Crippen LogP contribution is -2.30. The minimum Gasteiger partial charge on any atom is -0.462 e. The van der Waals surface area contributed by atoms with Crippen LogP contribution in [0.25, 0.3) is 0 Å². The van der Waals surface area contributed by atoms with E-state index in [4.69, 9.17) is 14.2 Å². The number of carbonyl (C=O) groups excluding carboxylic acids is 3. The van der Waals surface area contributed by atoms with Crippen molar-refractivity contribution in [2.45, 2.75) is 292 Å². The predicted molar refractivity (Wildman–Crippen MR) is 252 cm³/mol. The van der Waals surface area contributed by atoms with Gasteiger partial charge < -0.3 is 14.2 Å². The Morgan fingerprint density at radius 2 is 0.492 bits per heavy atom. The monoisotopic (exact) mass is 835 g/mol. The van der Waals surface area contributed by atoms with Crippen molar-refractivity contribution in [3.63, 3.8) is 0 Å². The normalized spacial score (nSPS) is 12.2. The Bertz CT molecular complexity index is 914. The molecule has 1 atom stereocenters. The lowest BCUT2D eigenvalue weighted by Gasteiger charge is -2.18. The summed E-state index contributed by atoms with van der Waals surface area (Å²) in [4.78, 5) is 37.9. The number of hydrogen-bond donors (Lipinski definition) is 0. The van der Waals surface area contributed by atoms with Gasteiger partial charge >= 0.3 is 17.9 Å². The summed E-state index contributed by atoms with van der Waals surface area (Å²) >= 11 is 0. The second kappa shape index (κ2) is 44.5. The molecule has 0 aliphatic rings. The third-order valence-corrected chi connectivity index (χ3v) is 11.9. The molecular formula is C53H102O6. The van der Waals surface area contributed by atoms with Gasteiger partial charge in [-0.2, -0.15) is 0 Å². The van der Waals surface area contributed by atoms with Gasteiger partial charge in [-0.15, -0.1) is 0 Å². The van der Waals surface area contributed by atoms with Gasteiger partial charge in [0.25, 0.3) is 0 Å². The van der Waals surface area contributed by atoms with E-state index in [1.165, 1.54) is 167 Å². The van der Waals surface area contributed by atoms with Gasteiger partial charge in [-0.3, -0.25) is 14.4 Å². The molecule has 0 saturated carbocycles. The maximum atomic E-state index is 12.7. The van der Waals surface area contributed by atoms with E-state index in [0.29, 0.717) is 19.3 Å². The van der Waals surface area contributed by atoms with E-state index in [2.05, 4.69) is 41.5 Å². The minimum atomic E-state index is -0.763. The summed E-state index contributed by atoms with van der Waals surface area (Å²) in [5.74, 6) is 1.58. The smallest absolute Gasteiger partial charge is 0.306 e. The molecule has 59 heavy (non-hydrogen) atoms. The van der Waals surface area contributed by atoms with Crippen LogP contribution in [0.5, 0.6) is 0 Å². The van der Waals surface area contributed by atoms with Gasteiger partial charge in [-0.25, -0.2) is 0 Å². The van der Waals surface area contributed by atoms with Crippen LogP contribution in [0.15, 0.2) is 0 Å². The van der Waals surface area contributed by atoms with Gasteiger partial charge in [0.15, 0.2) is 6.10 Å². The highest BCUT2D eigenvalue weighted by atomic mass is 16.6. The Balaban J connectivity index is 4.23. The van der Waals surface area contributed by atoms with E-state index in [0.717, 1.165) is 75.5 Å². The Labute approximate surface area is 368 Å². The van der Waals surface area contributed by atoms with E-state index < -0.39 is 6.10 Å². The van der Waals surface area contributed by atoms with Gasteiger partial charge in [0.2, 0.25) is 0 Å². The second-order valence-corrected chi connectivity index (χ2v) is 19.6. The second-order valence-electron chi connectivity index (χ2n) is 19.6. The first-order chi connectivity index (χ1) is 28.6. The van der Waals surface area contributed by atoms with E-state index in [-0.39, 0.29) is 31.1 Å². The van der Waals surface area contributed by atoms with Crippen LogP contribution < -0.4 is 0 Å². The van der Waals surface area contributed by atoms with Crippen molar-refractivity contribution in [1.29, 1.82) is 0 Å². The first kappa shape index (κ1) is 57.4. The molecule has 0 spiro atoms. The molecule has 0 rings (SSSR count). The quantitative estimate of drug-likeness (QED) is 0.0345. The largest absolute Gasteiger partial charge is 0.462 e. The zero-order valence-electron chi connectivity index (χ0n) is 40.5. The summed E-state index contributed by atoms with van der Waals surface area (Å²) in [5, 5.41) is 0. The van der Waals surface area contributed by atoms with Crippen molar-refractivity contribution in [1.82, 2.24) is 0 Å². The molecule has 0 aliphatic carbocycles. The average Bonchev–Trinajstić information content (AvgIpc) is 3.19. The fourth-order valence-corrected chi connectivity index (χ4v) is 7.94. The first-order valence-electron chi connectivity index (χ1n) is 26.1. The molecule has 6 heteroatoms. The molecule has 0 aromatic heterocycles. The van der Waals surface area contributed by atoms with E-state index in [1.807, 2.05) is 0 Å². The molecule has 0 aromatic carbocycles. The highest BCUT2D eigenvalue weighted by Crippen LogP contribution is 2.18. The Hall–Kier alpha value is -1.59. The van der Waals surface area contributed by atoms with Crippen LogP contribution in [0, 0.1) is 17.8 Å². The fourth-order valence-electron chi connectivity index (χ4n) is 7.94. The van der Waals surface area contributed by atoms with Crippen molar-refractivity contribution in [3.05, 3.63) is 0 Å². The van der Waals surface area contributed by atoms with Crippen LogP contribution in [-0.4, -0.2) is 37.2 Å². The van der Waals surface area contributed by atoms with Crippen LogP contribution in [0.3, 0.4) is 0 Å². The summed E-state index contributed by atoms with van der Waals surface area (Å²) in [6.45, 7) is 13.7. The molecular weight excluding hydrogens is 733 g/mol. The molecule has 0 saturated heterocycles. The summed E-state index contributed by atoms with van der Waals surface area (Å²) in [5.41, 5.74) is 0. The molecule has 0 fully saturated rings. The first-order valence-corrected chi connectivity index (χ1v) is 26.1. The average molecular weight is 835 g/mol. The summed E-state index contributed by atoms with van der Waals surface area (Å²) in [7, 11) is 0. The molecule has 350 valence electrons. The number of carbonyl (C=O) groups is 3. The maximum Gasteiger partial charge on any atom is 0.306 e. The van der Waals surface area contributed by atoms with Crippen LogP contribution in [-0.2, 0) is 28.6 Å². The number of ether oxygens (including phenoxy) is 3. The Morgan fingerprint density at radius 1 is 0.288 bits per heavy atom. The zero-order chi connectivity index (χ0) is 43.4. The third kappa shape index (κ3) is 47.3. The van der Waals surface area contributed by atoms with Gasteiger partial charge in [0.1, 0.15) is 13.2 Å². The minimum absolute atomic E-state index is 0.0653. The number of esters is 3. The fraction of sp³-hybridized carbons (Fsp3) is 0.943. The van der Waals surface area contributed by atoms with Crippen molar-refractivity contribution in [2.24, 2.45) is 17.8 Å². The van der Waals surface area contributed by atoms with Crippen molar-refractivity contribution < 1.29 is 28.6 Å². The highest BCUT2D eigenvalue weighted by Gasteiger charge is 2.19. The number of rotatable bonds is 46. The van der Waals surface area contributed by atoms with Crippen LogP contribution in [0.4, 0.5) is 0 Å². The van der Waals surface area contributed by atoms with Crippen molar-refractivity contribution >= 4 is 17.9 Å². The molecule has 0 bridgehead atoms. The predicted octanol–water partition coefficient (Wildman–Crippen LogP) is 16.8. The third-order valence-electron chi connectivity index (χ3n) is 11.9. The SMILES string of the molecule is CC(C)CCCCCCCCCCCCCCCCCCC(=O)OC[C@@H](COC(=O)CCCCCCCCCCCC(C)C)OC(=O)CCCCCCCCCC(C)C. The molecule has 0 aliphatic heterocycles. The van der Waals surface area contributed by atoms with Gasteiger partial charge in [-0.1, -0.05) is 247 Å². The van der Waals surface area contributed by atoms with Crippen LogP contribution in [0.1, 0.15) is 286 Å². The lowest BCUT2D eigenvalue weighted by atomic mass is 10.0. The molecule has 0 amide bonds. The molecule has 0 N–H and O–H groups in total. The van der Waals surface area contributed by atoms with Gasteiger partial charge in [0, 0.05) is 19.3 Å². The number of hydrogen-bond acceptors (Lipinski definition) is 6. The van der Waals surface area contributed by atoms with E-state index >= 15 is 0 Å². The molecule has 0 unspecified atom stereocenters. The highest BCUT2D eigenvalue weighted by molar-refractivity contribution is 5.71. The number of unbranched alkanes of at least 4 members (excludes halogenated alkanes) is 29. The van der Waals surface area contributed by atoms with Crippen molar-refractivity contribution in [2.75, 3.05) is 13.2 Å². The topological polar surface area (TPSA) is 78.9 Å². The van der Waals surface area contributed by atoms with Gasteiger partial charge in [0.05, 0.1) is 0 Å². The molecule has 6 nitrogen and oxygen atoms in total. The Kier molecular flexibility index (Phi) is 43.3. The van der Waals surface area contributed by atoms with Crippen molar-refractivity contribution in [3.8, 4) is 0 Å². The summed E-state index contributed by atoms with van der Waals surface area (Å²) in [6, 6.07) is 0. The van der Waals surface area contributed by atoms with Crippen LogP contribution in [0.2, 0.25) is 0 Å². The van der Waals surface area contributed by atoms with Crippen LogP contribution >= 0.6 is 0 Å². The summed E-state index contributed by atoms with van der Waals surface area (Å²) < 4.78 is 16.8. The molecule has 0 heterocycles. The van der Waals surface area contributed by atoms with Gasteiger partial charge in [-0.05, 0) is 37.0 Å². The zero-order valence-corrected chi connectivity index (χ0v) is 40.5. The van der Waals surface area contributed by atoms with E-state index in [9.17, 15) is 14.4 Å². The Morgan fingerprint density at radius 3 is 0.729 bits per heavy atom. The molecule has 0 aromatic rings. The standard InChI is InChI=1S/C53H102O6/c1-47(2)39-33-27-21-16-13-11-9-7-8-10-12-14-18-24-30-36-42-51(54)57-45-50(59-53(56)44-38-32-26-20-23-29-35-41-49(5)6)46-58-52(55)43-37-31-25-19-15-17-22-28-34-40-48(3)4/h47-50H,7-46H2,1-6H3/t50-/m0/s1. The maximum absolute atomic E-state index is 12.7. The van der Waals surface area contributed by atoms with E-state index in [1.54, 1.807) is 0 Å². The lowest BCUT2D eigenvalue weighted by molar-refractivity contribution is -0.167.